The van der Waals surface area contributed by atoms with Crippen molar-refractivity contribution in [2.45, 2.75) is 39.7 Å². The normalized spacial score (nSPS) is 12.8. The molecular formula is C12H26N2O2. The molecule has 16 heavy (non-hydrogen) atoms. The number of hydrogen-bond donors (Lipinski definition) is 2. The summed E-state index contributed by atoms with van der Waals surface area (Å²) in [4.78, 5) is 11.4. The van der Waals surface area contributed by atoms with Gasteiger partial charge in [0.05, 0.1) is 6.54 Å². The molecule has 0 saturated heterocycles. The maximum Gasteiger partial charge on any atom is 0.234 e. The van der Waals surface area contributed by atoms with Crippen LogP contribution < -0.4 is 10.6 Å². The second kappa shape index (κ2) is 9.60. The molecule has 0 bridgehead atoms. The van der Waals surface area contributed by atoms with Gasteiger partial charge in [-0.15, -0.1) is 0 Å². The van der Waals surface area contributed by atoms with E-state index in [4.69, 9.17) is 4.74 Å². The molecule has 0 radical (unpaired) electrons. The molecule has 1 amide bonds. The fraction of sp³-hybridized carbons (Fsp3) is 0.917. The quantitative estimate of drug-likeness (QED) is 0.584. The molecule has 96 valence electrons. The Kier molecular flexibility index (Phi) is 9.24. The van der Waals surface area contributed by atoms with Gasteiger partial charge in [-0.3, -0.25) is 4.79 Å². The second-order valence-corrected chi connectivity index (χ2v) is 4.48. The number of unbranched alkanes of at least 4 members (excludes halogenated alkanes) is 1. The van der Waals surface area contributed by atoms with Gasteiger partial charge in [-0.1, -0.05) is 13.8 Å². The zero-order valence-electron chi connectivity index (χ0n) is 11.0. The average molecular weight is 230 g/mol. The van der Waals surface area contributed by atoms with E-state index in [0.29, 0.717) is 12.5 Å². The van der Waals surface area contributed by atoms with Crippen molar-refractivity contribution in [3.63, 3.8) is 0 Å². The summed E-state index contributed by atoms with van der Waals surface area (Å²) in [6, 6.07) is 0.239. The van der Waals surface area contributed by atoms with Gasteiger partial charge >= 0.3 is 0 Å². The van der Waals surface area contributed by atoms with Crippen molar-refractivity contribution < 1.29 is 9.53 Å². The highest BCUT2D eigenvalue weighted by molar-refractivity contribution is 5.78. The summed E-state index contributed by atoms with van der Waals surface area (Å²) in [6.45, 7) is 8.29. The van der Waals surface area contributed by atoms with E-state index in [9.17, 15) is 4.79 Å². The molecule has 4 nitrogen and oxygen atoms in total. The maximum absolute atomic E-state index is 11.4. The molecule has 1 unspecified atom stereocenters. The average Bonchev–Trinajstić information content (AvgIpc) is 2.23. The van der Waals surface area contributed by atoms with Gasteiger partial charge in [-0.2, -0.15) is 0 Å². The van der Waals surface area contributed by atoms with Gasteiger partial charge in [0.2, 0.25) is 5.91 Å². The highest BCUT2D eigenvalue weighted by Gasteiger charge is 2.09. The molecule has 2 N–H and O–H groups in total. The van der Waals surface area contributed by atoms with E-state index in [1.165, 1.54) is 0 Å². The van der Waals surface area contributed by atoms with Gasteiger partial charge in [0, 0.05) is 19.8 Å². The van der Waals surface area contributed by atoms with Crippen molar-refractivity contribution in [3.05, 3.63) is 0 Å². The van der Waals surface area contributed by atoms with Crippen LogP contribution in [0.3, 0.4) is 0 Å². The molecule has 1 atom stereocenters. The lowest BCUT2D eigenvalue weighted by atomic mass is 10.1. The first-order valence-corrected chi connectivity index (χ1v) is 6.07. The molecule has 0 saturated carbocycles. The summed E-state index contributed by atoms with van der Waals surface area (Å²) in [6.07, 6.45) is 2.08. The topological polar surface area (TPSA) is 50.4 Å². The fourth-order valence-electron chi connectivity index (χ4n) is 1.17. The zero-order valence-corrected chi connectivity index (χ0v) is 11.0. The van der Waals surface area contributed by atoms with Crippen LogP contribution in [0.2, 0.25) is 0 Å². The van der Waals surface area contributed by atoms with Crippen LogP contribution >= 0.6 is 0 Å². The third-order valence-corrected chi connectivity index (χ3v) is 2.63. The van der Waals surface area contributed by atoms with Crippen LogP contribution in [-0.2, 0) is 9.53 Å². The Labute approximate surface area is 99.1 Å². The minimum atomic E-state index is 0.0768. The van der Waals surface area contributed by atoms with Crippen molar-refractivity contribution in [2.24, 2.45) is 5.92 Å². The highest BCUT2D eigenvalue weighted by Crippen LogP contribution is 1.98. The van der Waals surface area contributed by atoms with Crippen LogP contribution in [0.25, 0.3) is 0 Å². The number of nitrogens with one attached hydrogen (secondary N) is 2. The van der Waals surface area contributed by atoms with Gasteiger partial charge in [-0.25, -0.2) is 0 Å². The van der Waals surface area contributed by atoms with Crippen LogP contribution in [-0.4, -0.2) is 38.8 Å². The molecule has 0 spiro atoms. The maximum atomic E-state index is 11.4. The number of hydrogen-bond acceptors (Lipinski definition) is 3. The second-order valence-electron chi connectivity index (χ2n) is 4.48. The van der Waals surface area contributed by atoms with Crippen LogP contribution in [0.1, 0.15) is 33.6 Å². The summed E-state index contributed by atoms with van der Waals surface area (Å²) < 4.78 is 4.94. The molecular weight excluding hydrogens is 204 g/mol. The number of amides is 1. The van der Waals surface area contributed by atoms with Gasteiger partial charge in [0.1, 0.15) is 0 Å². The first kappa shape index (κ1) is 15.4. The molecule has 0 aromatic rings. The summed E-state index contributed by atoms with van der Waals surface area (Å²) in [7, 11) is 1.70. The molecule has 0 rings (SSSR count). The summed E-state index contributed by atoms with van der Waals surface area (Å²) >= 11 is 0. The summed E-state index contributed by atoms with van der Waals surface area (Å²) in [5.74, 6) is 0.554. The first-order valence-electron chi connectivity index (χ1n) is 6.07. The minimum Gasteiger partial charge on any atom is -0.385 e. The van der Waals surface area contributed by atoms with Crippen molar-refractivity contribution in [1.29, 1.82) is 0 Å². The lowest BCUT2D eigenvalue weighted by molar-refractivity contribution is -0.121. The number of rotatable bonds is 9. The third kappa shape index (κ3) is 8.68. The fourth-order valence-corrected chi connectivity index (χ4v) is 1.17. The summed E-state index contributed by atoms with van der Waals surface area (Å²) in [5, 5.41) is 6.08. The third-order valence-electron chi connectivity index (χ3n) is 2.63. The Balaban J connectivity index is 3.37. The minimum absolute atomic E-state index is 0.0768. The SMILES string of the molecule is COCCCCNCC(=O)NC(C)C(C)C. The molecule has 0 heterocycles. The van der Waals surface area contributed by atoms with Crippen molar-refractivity contribution >= 4 is 5.91 Å². The smallest absolute Gasteiger partial charge is 0.234 e. The van der Waals surface area contributed by atoms with Crippen LogP contribution in [0.5, 0.6) is 0 Å². The van der Waals surface area contributed by atoms with E-state index >= 15 is 0 Å². The monoisotopic (exact) mass is 230 g/mol. The number of ether oxygens (including phenoxy) is 1. The Hall–Kier alpha value is -0.610. The van der Waals surface area contributed by atoms with Crippen molar-refractivity contribution in [3.8, 4) is 0 Å². The Bertz CT molecular complexity index is 184. The molecule has 4 heteroatoms. The molecule has 0 aliphatic heterocycles. The van der Waals surface area contributed by atoms with Gasteiger partial charge in [0.25, 0.3) is 0 Å². The first-order chi connectivity index (χ1) is 7.57. The number of carbonyl (C=O) groups is 1. The standard InChI is InChI=1S/C12H26N2O2/c1-10(2)11(3)14-12(15)9-13-7-5-6-8-16-4/h10-11,13H,5-9H2,1-4H3,(H,14,15). The Morgan fingerprint density at radius 3 is 2.50 bits per heavy atom. The van der Waals surface area contributed by atoms with E-state index in [-0.39, 0.29) is 11.9 Å². The molecule has 0 fully saturated rings. The predicted octanol–water partition coefficient (Wildman–Crippen LogP) is 1.16. The van der Waals surface area contributed by atoms with Gasteiger partial charge in [0.15, 0.2) is 0 Å². The number of carbonyl (C=O) groups excluding carboxylic acids is 1. The molecule has 0 aromatic heterocycles. The highest BCUT2D eigenvalue weighted by atomic mass is 16.5. The van der Waals surface area contributed by atoms with E-state index in [1.807, 2.05) is 6.92 Å². The largest absolute Gasteiger partial charge is 0.385 e. The van der Waals surface area contributed by atoms with E-state index in [2.05, 4.69) is 24.5 Å². The molecule has 0 aromatic carbocycles. The zero-order chi connectivity index (χ0) is 12.4. The van der Waals surface area contributed by atoms with Crippen LogP contribution in [0.4, 0.5) is 0 Å². The lowest BCUT2D eigenvalue weighted by Gasteiger charge is -2.17. The Morgan fingerprint density at radius 1 is 1.25 bits per heavy atom. The predicted molar refractivity (Wildman–Crippen MR) is 66.4 cm³/mol. The van der Waals surface area contributed by atoms with E-state index in [1.54, 1.807) is 7.11 Å². The molecule has 0 aliphatic carbocycles. The van der Waals surface area contributed by atoms with Gasteiger partial charge in [-0.05, 0) is 32.2 Å². The van der Waals surface area contributed by atoms with Crippen LogP contribution in [0.15, 0.2) is 0 Å². The van der Waals surface area contributed by atoms with Crippen molar-refractivity contribution in [2.75, 3.05) is 26.8 Å². The van der Waals surface area contributed by atoms with Crippen molar-refractivity contribution in [1.82, 2.24) is 10.6 Å². The summed E-state index contributed by atoms with van der Waals surface area (Å²) in [5.41, 5.74) is 0. The van der Waals surface area contributed by atoms with Crippen LogP contribution in [0, 0.1) is 5.92 Å². The molecule has 0 aliphatic rings. The van der Waals surface area contributed by atoms with E-state index < -0.39 is 0 Å². The van der Waals surface area contributed by atoms with E-state index in [0.717, 1.165) is 26.0 Å². The lowest BCUT2D eigenvalue weighted by Crippen LogP contribution is -2.41. The Morgan fingerprint density at radius 2 is 1.94 bits per heavy atom. The van der Waals surface area contributed by atoms with Gasteiger partial charge < -0.3 is 15.4 Å². The number of methoxy groups -OCH3 is 1.